The second-order valence-electron chi connectivity index (χ2n) is 3.95. The summed E-state index contributed by atoms with van der Waals surface area (Å²) in [5, 5.41) is 2.23. The number of hydrogen-bond donors (Lipinski definition) is 1. The van der Waals surface area contributed by atoms with Gasteiger partial charge in [-0.1, -0.05) is 12.1 Å². The summed E-state index contributed by atoms with van der Waals surface area (Å²) in [6, 6.07) is 7.88. The maximum absolute atomic E-state index is 13.5. The maximum atomic E-state index is 13.5. The Morgan fingerprint density at radius 1 is 1.10 bits per heavy atom. The third-order valence-corrected chi connectivity index (χ3v) is 2.53. The van der Waals surface area contributed by atoms with E-state index in [-0.39, 0.29) is 11.4 Å². The van der Waals surface area contributed by atoms with Crippen LogP contribution in [0.25, 0.3) is 0 Å². The minimum absolute atomic E-state index is 0.0495. The number of halogens is 4. The van der Waals surface area contributed by atoms with E-state index in [9.17, 15) is 22.4 Å². The Kier molecular flexibility index (Phi) is 4.42. The molecule has 0 aliphatic heterocycles. The van der Waals surface area contributed by atoms with E-state index < -0.39 is 29.7 Å². The molecule has 3 nitrogen and oxygen atoms in total. The molecule has 0 unspecified atom stereocenters. The number of anilines is 1. The Morgan fingerprint density at radius 2 is 1.81 bits per heavy atom. The van der Waals surface area contributed by atoms with Crippen molar-refractivity contribution < 1.29 is 27.1 Å². The van der Waals surface area contributed by atoms with Crippen molar-refractivity contribution in [1.82, 2.24) is 0 Å². The van der Waals surface area contributed by atoms with Crippen LogP contribution in [0.1, 0.15) is 10.4 Å². The number of ether oxygens (including phenoxy) is 1. The van der Waals surface area contributed by atoms with Gasteiger partial charge < -0.3 is 10.1 Å². The second-order valence-corrected chi connectivity index (χ2v) is 3.95. The number of para-hydroxylation sites is 2. The zero-order valence-corrected chi connectivity index (χ0v) is 10.4. The average molecular weight is 299 g/mol. The molecule has 0 aliphatic rings. The number of nitrogens with one attached hydrogen (secondary N) is 1. The van der Waals surface area contributed by atoms with Crippen LogP contribution in [0.3, 0.4) is 0 Å². The van der Waals surface area contributed by atoms with Gasteiger partial charge in [-0.3, -0.25) is 4.79 Å². The van der Waals surface area contributed by atoms with Gasteiger partial charge >= 0.3 is 6.61 Å². The van der Waals surface area contributed by atoms with Crippen LogP contribution in [0, 0.1) is 11.6 Å². The van der Waals surface area contributed by atoms with Crippen molar-refractivity contribution in [2.45, 2.75) is 6.61 Å². The molecule has 2 aromatic rings. The molecule has 7 heteroatoms. The van der Waals surface area contributed by atoms with E-state index in [2.05, 4.69) is 10.1 Å². The van der Waals surface area contributed by atoms with Crippen molar-refractivity contribution in [2.75, 3.05) is 5.32 Å². The summed E-state index contributed by atoms with van der Waals surface area (Å²) in [4.78, 5) is 11.9. The molecule has 2 rings (SSSR count). The van der Waals surface area contributed by atoms with E-state index >= 15 is 0 Å². The van der Waals surface area contributed by atoms with Crippen LogP contribution < -0.4 is 10.1 Å². The van der Waals surface area contributed by atoms with Crippen LogP contribution in [0.4, 0.5) is 23.2 Å². The lowest BCUT2D eigenvalue weighted by Crippen LogP contribution is -2.15. The fraction of sp³-hybridized carbons (Fsp3) is 0.0714. The smallest absolute Gasteiger partial charge is 0.387 e. The molecule has 0 aromatic heterocycles. The Morgan fingerprint density at radius 3 is 2.48 bits per heavy atom. The van der Waals surface area contributed by atoms with E-state index in [4.69, 9.17) is 0 Å². The van der Waals surface area contributed by atoms with Gasteiger partial charge in [-0.15, -0.1) is 0 Å². The molecule has 0 radical (unpaired) electrons. The second kappa shape index (κ2) is 6.25. The maximum Gasteiger partial charge on any atom is 0.387 e. The monoisotopic (exact) mass is 299 g/mol. The van der Waals surface area contributed by atoms with Crippen LogP contribution in [-0.2, 0) is 0 Å². The van der Waals surface area contributed by atoms with E-state index in [1.807, 2.05) is 0 Å². The van der Waals surface area contributed by atoms with Crippen LogP contribution in [-0.4, -0.2) is 12.5 Å². The minimum atomic E-state index is -3.06. The van der Waals surface area contributed by atoms with Crippen molar-refractivity contribution >= 4 is 11.6 Å². The normalized spacial score (nSPS) is 10.5. The largest absolute Gasteiger partial charge is 0.433 e. The highest BCUT2D eigenvalue weighted by Crippen LogP contribution is 2.26. The fourth-order valence-corrected chi connectivity index (χ4v) is 1.63. The average Bonchev–Trinajstić information content (AvgIpc) is 2.40. The topological polar surface area (TPSA) is 38.3 Å². The van der Waals surface area contributed by atoms with Crippen LogP contribution in [0.2, 0.25) is 0 Å². The Labute approximate surface area is 117 Å². The summed E-state index contributed by atoms with van der Waals surface area (Å²) in [7, 11) is 0. The SMILES string of the molecule is O=C(Nc1ccccc1OC(F)F)c1ccc(F)cc1F. The Balaban J connectivity index is 2.23. The van der Waals surface area contributed by atoms with Crippen molar-refractivity contribution in [3.63, 3.8) is 0 Å². The molecule has 0 atom stereocenters. The summed E-state index contributed by atoms with van der Waals surface area (Å²) >= 11 is 0. The molecule has 0 aliphatic carbocycles. The first-order valence-corrected chi connectivity index (χ1v) is 5.77. The van der Waals surface area contributed by atoms with Gasteiger partial charge in [0.1, 0.15) is 17.4 Å². The molecular formula is C14H9F4NO2. The van der Waals surface area contributed by atoms with E-state index in [1.165, 1.54) is 24.3 Å². The van der Waals surface area contributed by atoms with Crippen molar-refractivity contribution in [3.05, 3.63) is 59.7 Å². The number of carbonyl (C=O) groups is 1. The molecule has 1 N–H and O–H groups in total. The molecule has 1 amide bonds. The molecule has 110 valence electrons. The standard InChI is InChI=1S/C14H9F4NO2/c15-8-5-6-9(10(16)7-8)13(20)19-11-3-1-2-4-12(11)21-14(17)18/h1-7,14H,(H,19,20). The number of hydrogen-bond acceptors (Lipinski definition) is 2. The molecule has 0 heterocycles. The lowest BCUT2D eigenvalue weighted by molar-refractivity contribution is -0.0493. The van der Waals surface area contributed by atoms with Gasteiger partial charge in [0.2, 0.25) is 0 Å². The van der Waals surface area contributed by atoms with Crippen LogP contribution >= 0.6 is 0 Å². The van der Waals surface area contributed by atoms with Crippen molar-refractivity contribution in [2.24, 2.45) is 0 Å². The van der Waals surface area contributed by atoms with Crippen LogP contribution in [0.5, 0.6) is 5.75 Å². The van der Waals surface area contributed by atoms with Gasteiger partial charge in [0, 0.05) is 6.07 Å². The lowest BCUT2D eigenvalue weighted by atomic mass is 10.2. The van der Waals surface area contributed by atoms with Gasteiger partial charge in [0.25, 0.3) is 5.91 Å². The van der Waals surface area contributed by atoms with E-state index in [1.54, 1.807) is 0 Å². The van der Waals surface area contributed by atoms with Crippen molar-refractivity contribution in [1.29, 1.82) is 0 Å². The third-order valence-electron chi connectivity index (χ3n) is 2.53. The number of amides is 1. The summed E-state index contributed by atoms with van der Waals surface area (Å²) in [6.07, 6.45) is 0. The summed E-state index contributed by atoms with van der Waals surface area (Å²) < 4.78 is 54.9. The molecule has 0 spiro atoms. The lowest BCUT2D eigenvalue weighted by Gasteiger charge is -2.11. The Bertz CT molecular complexity index is 661. The number of benzene rings is 2. The number of carbonyl (C=O) groups excluding carboxylic acids is 1. The minimum Gasteiger partial charge on any atom is -0.433 e. The van der Waals surface area contributed by atoms with Gasteiger partial charge in [0.15, 0.2) is 0 Å². The third kappa shape index (κ3) is 3.71. The number of alkyl halides is 2. The summed E-state index contributed by atoms with van der Waals surface area (Å²) in [5.74, 6) is -3.05. The quantitative estimate of drug-likeness (QED) is 0.872. The highest BCUT2D eigenvalue weighted by molar-refractivity contribution is 6.05. The fourth-order valence-electron chi connectivity index (χ4n) is 1.63. The zero-order chi connectivity index (χ0) is 15.4. The summed E-state index contributed by atoms with van der Waals surface area (Å²) in [5.41, 5.74) is -0.463. The molecule has 21 heavy (non-hydrogen) atoms. The Hall–Kier alpha value is -2.57. The molecule has 0 bridgehead atoms. The highest BCUT2D eigenvalue weighted by Gasteiger charge is 2.15. The first-order valence-electron chi connectivity index (χ1n) is 5.77. The van der Waals surface area contributed by atoms with Crippen LogP contribution in [0.15, 0.2) is 42.5 Å². The van der Waals surface area contributed by atoms with Crippen molar-refractivity contribution in [3.8, 4) is 5.75 Å². The predicted molar refractivity (Wildman–Crippen MR) is 67.4 cm³/mol. The highest BCUT2D eigenvalue weighted by atomic mass is 19.3. The van der Waals surface area contributed by atoms with Gasteiger partial charge in [-0.2, -0.15) is 8.78 Å². The van der Waals surface area contributed by atoms with E-state index in [0.29, 0.717) is 6.07 Å². The molecular weight excluding hydrogens is 290 g/mol. The molecule has 0 fully saturated rings. The van der Waals surface area contributed by atoms with Gasteiger partial charge in [0.05, 0.1) is 11.3 Å². The van der Waals surface area contributed by atoms with Gasteiger partial charge in [-0.05, 0) is 24.3 Å². The summed E-state index contributed by atoms with van der Waals surface area (Å²) in [6.45, 7) is -3.06. The first-order chi connectivity index (χ1) is 9.97. The predicted octanol–water partition coefficient (Wildman–Crippen LogP) is 3.82. The number of rotatable bonds is 4. The zero-order valence-electron chi connectivity index (χ0n) is 10.4. The molecule has 0 saturated heterocycles. The first kappa shape index (κ1) is 14.8. The van der Waals surface area contributed by atoms with E-state index in [0.717, 1.165) is 12.1 Å². The molecule has 0 saturated carbocycles. The molecule has 2 aromatic carbocycles. The van der Waals surface area contributed by atoms with Gasteiger partial charge in [-0.25, -0.2) is 8.78 Å².